The molecule has 1 aliphatic carbocycles. The van der Waals surface area contributed by atoms with Crippen molar-refractivity contribution in [3.63, 3.8) is 0 Å². The fourth-order valence-electron chi connectivity index (χ4n) is 3.82. The summed E-state index contributed by atoms with van der Waals surface area (Å²) in [6.07, 6.45) is 11.3. The monoisotopic (exact) mass is 359 g/mol. The fraction of sp³-hybridized carbons (Fsp3) is 0.500. The number of unbranched alkanes of at least 4 members (excludes halogenated alkanes) is 1. The van der Waals surface area contributed by atoms with Gasteiger partial charge < -0.3 is 4.74 Å². The molecule has 0 fully saturated rings. The second kappa shape index (κ2) is 8.72. The van der Waals surface area contributed by atoms with Gasteiger partial charge in [-0.1, -0.05) is 37.6 Å². The van der Waals surface area contributed by atoms with Crippen LogP contribution in [0.25, 0.3) is 0 Å². The normalized spacial score (nSPS) is 25.3. The van der Waals surface area contributed by atoms with Gasteiger partial charge in [-0.3, -0.25) is 4.99 Å². The van der Waals surface area contributed by atoms with E-state index < -0.39 is 11.6 Å². The molecule has 3 rings (SSSR count). The number of hydrogen-bond acceptors (Lipinski definition) is 2. The summed E-state index contributed by atoms with van der Waals surface area (Å²) in [5.41, 5.74) is 1.88. The Balaban J connectivity index is 1.79. The molecule has 3 unspecified atom stereocenters. The Labute approximate surface area is 154 Å². The molecule has 26 heavy (non-hydrogen) atoms. The van der Waals surface area contributed by atoms with Gasteiger partial charge in [0, 0.05) is 18.2 Å². The third-order valence-corrected chi connectivity index (χ3v) is 5.16. The van der Waals surface area contributed by atoms with Crippen molar-refractivity contribution in [2.24, 2.45) is 10.9 Å². The van der Waals surface area contributed by atoms with Crippen LogP contribution in [0.15, 0.2) is 47.0 Å². The summed E-state index contributed by atoms with van der Waals surface area (Å²) in [6.45, 7) is 4.82. The van der Waals surface area contributed by atoms with E-state index in [4.69, 9.17) is 9.73 Å². The number of ether oxygens (including phenoxy) is 1. The van der Waals surface area contributed by atoms with Crippen molar-refractivity contribution < 1.29 is 13.5 Å². The summed E-state index contributed by atoms with van der Waals surface area (Å²) in [4.78, 5) is 4.70. The summed E-state index contributed by atoms with van der Waals surface area (Å²) in [5, 5.41) is 0. The number of allylic oxidation sites excluding steroid dienone is 2. The molecule has 1 aromatic rings. The van der Waals surface area contributed by atoms with Gasteiger partial charge in [-0.05, 0) is 50.3 Å². The molecule has 1 aromatic carbocycles. The number of aliphatic imine (C=N–C) groups is 1. The van der Waals surface area contributed by atoms with Crippen LogP contribution in [0.5, 0.6) is 0 Å². The zero-order valence-corrected chi connectivity index (χ0v) is 15.6. The maximum absolute atomic E-state index is 14.1. The van der Waals surface area contributed by atoms with E-state index in [9.17, 15) is 8.78 Å². The van der Waals surface area contributed by atoms with Gasteiger partial charge in [0.15, 0.2) is 0 Å². The summed E-state index contributed by atoms with van der Waals surface area (Å²) in [5.74, 6) is -0.953. The molecule has 3 atom stereocenters. The number of benzene rings is 1. The fourth-order valence-corrected chi connectivity index (χ4v) is 3.82. The van der Waals surface area contributed by atoms with E-state index in [1.165, 1.54) is 30.2 Å². The van der Waals surface area contributed by atoms with Crippen LogP contribution in [-0.2, 0) is 4.74 Å². The molecule has 0 N–H and O–H groups in total. The minimum Gasteiger partial charge on any atom is -0.374 e. The Morgan fingerprint density at radius 1 is 1.19 bits per heavy atom. The van der Waals surface area contributed by atoms with Crippen LogP contribution in [0.3, 0.4) is 0 Å². The Morgan fingerprint density at radius 2 is 1.96 bits per heavy atom. The zero-order chi connectivity index (χ0) is 18.5. The van der Waals surface area contributed by atoms with Crippen LogP contribution in [0, 0.1) is 17.6 Å². The summed E-state index contributed by atoms with van der Waals surface area (Å²) in [6, 6.07) is 3.97. The maximum atomic E-state index is 14.1. The van der Waals surface area contributed by atoms with Gasteiger partial charge in [0.1, 0.15) is 11.6 Å². The van der Waals surface area contributed by atoms with Gasteiger partial charge in [0.05, 0.1) is 17.7 Å². The highest BCUT2D eigenvalue weighted by Crippen LogP contribution is 2.33. The molecule has 0 amide bonds. The largest absolute Gasteiger partial charge is 0.374 e. The average molecular weight is 359 g/mol. The first-order chi connectivity index (χ1) is 12.6. The third kappa shape index (κ3) is 4.12. The van der Waals surface area contributed by atoms with Gasteiger partial charge in [0.25, 0.3) is 0 Å². The Bertz CT molecular complexity index is 703. The molecule has 0 saturated heterocycles. The molecule has 0 bridgehead atoms. The number of nitrogens with zero attached hydrogens (tertiary/aromatic N) is 1. The van der Waals surface area contributed by atoms with E-state index in [1.807, 2.05) is 6.92 Å². The Kier molecular flexibility index (Phi) is 6.36. The standard InChI is InChI=1S/C22H27F2NO/c1-3-5-7-15-10-11-16(21(14-15)26-4-2)19-12-13-20(25-19)22-17(23)8-6-9-18(22)24/h6,8-11,14,16,19,21H,3-5,7,12-13H2,1-2H3. The zero-order valence-electron chi connectivity index (χ0n) is 15.6. The van der Waals surface area contributed by atoms with Crippen molar-refractivity contribution in [2.75, 3.05) is 6.61 Å². The minimum atomic E-state index is -0.535. The lowest BCUT2D eigenvalue weighted by molar-refractivity contribution is 0.0586. The molecule has 2 aliphatic rings. The molecule has 140 valence electrons. The lowest BCUT2D eigenvalue weighted by Crippen LogP contribution is -2.31. The molecule has 2 nitrogen and oxygen atoms in total. The Morgan fingerprint density at radius 3 is 2.65 bits per heavy atom. The average Bonchev–Trinajstić information content (AvgIpc) is 3.09. The van der Waals surface area contributed by atoms with Gasteiger partial charge in [0.2, 0.25) is 0 Å². The first kappa shape index (κ1) is 19.0. The van der Waals surface area contributed by atoms with E-state index in [1.54, 1.807) is 0 Å². The minimum absolute atomic E-state index is 0.000723. The number of hydrogen-bond donors (Lipinski definition) is 0. The van der Waals surface area contributed by atoms with Crippen LogP contribution in [0.4, 0.5) is 8.78 Å². The highest BCUT2D eigenvalue weighted by molar-refractivity contribution is 6.02. The number of halogens is 2. The smallest absolute Gasteiger partial charge is 0.135 e. The lowest BCUT2D eigenvalue weighted by Gasteiger charge is -2.29. The van der Waals surface area contributed by atoms with Gasteiger partial charge in [-0.25, -0.2) is 8.78 Å². The second-order valence-corrected chi connectivity index (χ2v) is 6.98. The lowest BCUT2D eigenvalue weighted by atomic mass is 9.85. The molecule has 0 saturated carbocycles. The van der Waals surface area contributed by atoms with E-state index in [0.29, 0.717) is 18.7 Å². The highest BCUT2D eigenvalue weighted by Gasteiger charge is 2.33. The van der Waals surface area contributed by atoms with E-state index >= 15 is 0 Å². The van der Waals surface area contributed by atoms with Crippen LogP contribution >= 0.6 is 0 Å². The summed E-state index contributed by atoms with van der Waals surface area (Å²) < 4.78 is 34.1. The van der Waals surface area contributed by atoms with Gasteiger partial charge in [-0.2, -0.15) is 0 Å². The van der Waals surface area contributed by atoms with Crippen LogP contribution in [0.2, 0.25) is 0 Å². The highest BCUT2D eigenvalue weighted by atomic mass is 19.1. The molecule has 0 radical (unpaired) electrons. The van der Waals surface area contributed by atoms with Crippen molar-refractivity contribution in [3.05, 3.63) is 59.2 Å². The van der Waals surface area contributed by atoms with Crippen LogP contribution in [-0.4, -0.2) is 24.5 Å². The van der Waals surface area contributed by atoms with Crippen LogP contribution < -0.4 is 0 Å². The quantitative estimate of drug-likeness (QED) is 0.619. The molecule has 1 heterocycles. The SMILES string of the molecule is CCCCC1=CC(OCC)C(C2CCC(c3c(F)cccc3F)=N2)C=C1. The van der Waals surface area contributed by atoms with Crippen molar-refractivity contribution in [3.8, 4) is 0 Å². The van der Waals surface area contributed by atoms with Gasteiger partial charge in [-0.15, -0.1) is 0 Å². The van der Waals surface area contributed by atoms with Gasteiger partial charge >= 0.3 is 0 Å². The van der Waals surface area contributed by atoms with E-state index in [0.717, 1.165) is 19.3 Å². The first-order valence-electron chi connectivity index (χ1n) is 9.65. The molecule has 1 aliphatic heterocycles. The van der Waals surface area contributed by atoms with E-state index in [2.05, 4.69) is 25.2 Å². The first-order valence-corrected chi connectivity index (χ1v) is 9.65. The second-order valence-electron chi connectivity index (χ2n) is 6.98. The number of rotatable bonds is 7. The van der Waals surface area contributed by atoms with Crippen molar-refractivity contribution in [1.82, 2.24) is 0 Å². The van der Waals surface area contributed by atoms with Crippen molar-refractivity contribution in [1.29, 1.82) is 0 Å². The predicted octanol–water partition coefficient (Wildman–Crippen LogP) is 5.62. The third-order valence-electron chi connectivity index (χ3n) is 5.16. The topological polar surface area (TPSA) is 21.6 Å². The molecular weight excluding hydrogens is 332 g/mol. The maximum Gasteiger partial charge on any atom is 0.135 e. The molecule has 0 aromatic heterocycles. The van der Waals surface area contributed by atoms with E-state index in [-0.39, 0.29) is 23.6 Å². The molecular formula is C22H27F2NO. The Hall–Kier alpha value is -1.81. The molecule has 4 heteroatoms. The molecule has 0 spiro atoms. The van der Waals surface area contributed by atoms with Crippen LogP contribution in [0.1, 0.15) is 51.5 Å². The van der Waals surface area contributed by atoms with Crippen molar-refractivity contribution in [2.45, 2.75) is 58.1 Å². The predicted molar refractivity (Wildman–Crippen MR) is 102 cm³/mol. The summed E-state index contributed by atoms with van der Waals surface area (Å²) in [7, 11) is 0. The van der Waals surface area contributed by atoms with Crippen molar-refractivity contribution >= 4 is 5.71 Å². The summed E-state index contributed by atoms with van der Waals surface area (Å²) >= 11 is 0.